The molecule has 0 unspecified atom stereocenters. The van der Waals surface area contributed by atoms with E-state index >= 15 is 0 Å². The molecule has 248 valence electrons. The lowest BCUT2D eigenvalue weighted by Gasteiger charge is -2.13. The van der Waals surface area contributed by atoms with Gasteiger partial charge in [0.05, 0.1) is 63.8 Å². The second-order valence-electron chi connectivity index (χ2n) is 13.0. The van der Waals surface area contributed by atoms with Crippen LogP contribution in [0.2, 0.25) is 0 Å². The number of rotatable bonds is 4. The van der Waals surface area contributed by atoms with Gasteiger partial charge in [-0.2, -0.15) is 13.2 Å². The smallest absolute Gasteiger partial charge is 0.306 e. The standard InChI is InChI=1S/C42H29F3N6/c1-24-4-8-28(9-5-24)50-38-20-46-14-12-30(38)34-18-36(48-22-40(34)50)32-16-26(3)33(17-25(32)2)37-19-35-31-13-15-47-21-39(31)51(41(35)23-49-37)29-10-6-27(7-11-29)42(43,44)45/h4-23H,1-3H3. The van der Waals surface area contributed by atoms with Crippen LogP contribution in [-0.4, -0.2) is 29.1 Å². The molecule has 9 aromatic rings. The van der Waals surface area contributed by atoms with Crippen LogP contribution in [0.25, 0.3) is 77.5 Å². The van der Waals surface area contributed by atoms with Crippen molar-refractivity contribution in [3.05, 3.63) is 144 Å². The normalized spacial score (nSPS) is 12.1. The first-order valence-electron chi connectivity index (χ1n) is 16.5. The number of hydrogen-bond acceptors (Lipinski definition) is 4. The third-order valence-electron chi connectivity index (χ3n) is 9.78. The van der Waals surface area contributed by atoms with E-state index in [1.165, 1.54) is 17.7 Å². The Hall–Kier alpha value is -6.35. The van der Waals surface area contributed by atoms with E-state index in [0.717, 1.165) is 95.1 Å². The van der Waals surface area contributed by atoms with Crippen molar-refractivity contribution < 1.29 is 13.2 Å². The van der Waals surface area contributed by atoms with Gasteiger partial charge in [-0.1, -0.05) is 17.7 Å². The molecule has 6 heterocycles. The second-order valence-corrected chi connectivity index (χ2v) is 13.0. The Morgan fingerprint density at radius 1 is 0.490 bits per heavy atom. The molecule has 0 saturated carbocycles. The topological polar surface area (TPSA) is 61.4 Å². The summed E-state index contributed by atoms with van der Waals surface area (Å²) in [5.74, 6) is 0. The Morgan fingerprint density at radius 2 is 0.922 bits per heavy atom. The molecule has 9 heteroatoms. The van der Waals surface area contributed by atoms with Gasteiger partial charge in [0.2, 0.25) is 0 Å². The van der Waals surface area contributed by atoms with Crippen molar-refractivity contribution in [1.82, 2.24) is 29.1 Å². The molecule has 0 aliphatic carbocycles. The molecule has 0 N–H and O–H groups in total. The zero-order valence-electron chi connectivity index (χ0n) is 27.9. The van der Waals surface area contributed by atoms with Crippen LogP contribution in [0.1, 0.15) is 22.3 Å². The van der Waals surface area contributed by atoms with Crippen LogP contribution in [0.5, 0.6) is 0 Å². The maximum absolute atomic E-state index is 13.3. The van der Waals surface area contributed by atoms with Crippen LogP contribution >= 0.6 is 0 Å². The summed E-state index contributed by atoms with van der Waals surface area (Å²) in [5, 5.41) is 4.08. The summed E-state index contributed by atoms with van der Waals surface area (Å²) >= 11 is 0. The van der Waals surface area contributed by atoms with Gasteiger partial charge in [-0.15, -0.1) is 0 Å². The Labute approximate surface area is 290 Å². The molecule has 0 aliphatic heterocycles. The van der Waals surface area contributed by atoms with Crippen molar-refractivity contribution in [1.29, 1.82) is 0 Å². The van der Waals surface area contributed by atoms with Gasteiger partial charge in [0.25, 0.3) is 0 Å². The zero-order chi connectivity index (χ0) is 35.0. The third kappa shape index (κ3) is 4.95. The molecular formula is C42H29F3N6. The fraction of sp³-hybridized carbons (Fsp3) is 0.0952. The van der Waals surface area contributed by atoms with E-state index in [1.54, 1.807) is 18.6 Å². The Morgan fingerprint density at radius 3 is 1.37 bits per heavy atom. The van der Waals surface area contributed by atoms with Crippen LogP contribution in [-0.2, 0) is 6.18 Å². The quantitative estimate of drug-likeness (QED) is 0.186. The number of benzene rings is 3. The van der Waals surface area contributed by atoms with Crippen LogP contribution < -0.4 is 0 Å². The van der Waals surface area contributed by atoms with E-state index in [0.29, 0.717) is 5.69 Å². The van der Waals surface area contributed by atoms with E-state index in [4.69, 9.17) is 9.97 Å². The van der Waals surface area contributed by atoms with E-state index < -0.39 is 11.7 Å². The minimum atomic E-state index is -4.41. The van der Waals surface area contributed by atoms with Crippen LogP contribution in [0, 0.1) is 20.8 Å². The fourth-order valence-electron chi connectivity index (χ4n) is 7.24. The molecule has 0 saturated heterocycles. The fourth-order valence-corrected chi connectivity index (χ4v) is 7.24. The highest BCUT2D eigenvalue weighted by Crippen LogP contribution is 2.38. The average Bonchev–Trinajstić information content (AvgIpc) is 3.65. The second kappa shape index (κ2) is 11.3. The minimum Gasteiger partial charge on any atom is -0.306 e. The molecule has 0 atom stereocenters. The summed E-state index contributed by atoms with van der Waals surface area (Å²) in [4.78, 5) is 18.6. The van der Waals surface area contributed by atoms with Crippen molar-refractivity contribution in [2.24, 2.45) is 0 Å². The molecule has 0 spiro atoms. The van der Waals surface area contributed by atoms with Gasteiger partial charge in [0.1, 0.15) is 0 Å². The number of halogens is 3. The molecule has 3 aromatic carbocycles. The van der Waals surface area contributed by atoms with Gasteiger partial charge >= 0.3 is 6.18 Å². The first kappa shape index (κ1) is 30.7. The van der Waals surface area contributed by atoms with Gasteiger partial charge in [0.15, 0.2) is 0 Å². The first-order valence-corrected chi connectivity index (χ1v) is 16.5. The van der Waals surface area contributed by atoms with Crippen molar-refractivity contribution in [2.45, 2.75) is 26.9 Å². The molecule has 51 heavy (non-hydrogen) atoms. The maximum Gasteiger partial charge on any atom is 0.416 e. The van der Waals surface area contributed by atoms with E-state index in [-0.39, 0.29) is 0 Å². The molecule has 0 bridgehead atoms. The summed E-state index contributed by atoms with van der Waals surface area (Å²) in [7, 11) is 0. The molecule has 0 fully saturated rings. The van der Waals surface area contributed by atoms with Gasteiger partial charge in [0, 0.05) is 56.4 Å². The lowest BCUT2D eigenvalue weighted by atomic mass is 9.95. The first-order chi connectivity index (χ1) is 24.7. The monoisotopic (exact) mass is 674 g/mol. The number of aryl methyl sites for hydroxylation is 3. The molecule has 0 aliphatic rings. The SMILES string of the molecule is Cc1ccc(-n2c3cnccc3c3cc(-c4cc(C)c(-c5cc6c7ccncc7n(-c7ccc(C(F)(F)F)cc7)c6cn5)cc4C)ncc32)cc1. The summed E-state index contributed by atoms with van der Waals surface area (Å²) < 4.78 is 44.0. The summed E-state index contributed by atoms with van der Waals surface area (Å²) in [6.45, 7) is 6.25. The third-order valence-corrected chi connectivity index (χ3v) is 9.78. The highest BCUT2D eigenvalue weighted by molar-refractivity contribution is 6.11. The number of nitrogens with zero attached hydrogens (tertiary/aromatic N) is 6. The van der Waals surface area contributed by atoms with Crippen molar-refractivity contribution in [2.75, 3.05) is 0 Å². The lowest BCUT2D eigenvalue weighted by molar-refractivity contribution is -0.137. The van der Waals surface area contributed by atoms with Crippen molar-refractivity contribution in [3.63, 3.8) is 0 Å². The van der Waals surface area contributed by atoms with Crippen LogP contribution in [0.3, 0.4) is 0 Å². The van der Waals surface area contributed by atoms with Gasteiger partial charge in [-0.3, -0.25) is 19.9 Å². The predicted octanol–water partition coefficient (Wildman–Crippen LogP) is 10.7. The Kier molecular flexibility index (Phi) is 6.83. The Balaban J connectivity index is 1.14. The van der Waals surface area contributed by atoms with Gasteiger partial charge in [-0.05, 0) is 105 Å². The largest absolute Gasteiger partial charge is 0.416 e. The number of fused-ring (bicyclic) bond motifs is 6. The summed E-state index contributed by atoms with van der Waals surface area (Å²) in [5.41, 5.74) is 11.6. The predicted molar refractivity (Wildman–Crippen MR) is 196 cm³/mol. The molecule has 6 nitrogen and oxygen atoms in total. The number of aromatic nitrogens is 6. The number of hydrogen-bond donors (Lipinski definition) is 0. The van der Waals surface area contributed by atoms with E-state index in [1.807, 2.05) is 29.2 Å². The maximum atomic E-state index is 13.3. The zero-order valence-corrected chi connectivity index (χ0v) is 27.9. The molecule has 0 radical (unpaired) electrons. The molecule has 9 rings (SSSR count). The van der Waals surface area contributed by atoms with Crippen LogP contribution in [0.15, 0.2) is 122 Å². The van der Waals surface area contributed by atoms with E-state index in [2.05, 4.69) is 89.9 Å². The molecular weight excluding hydrogens is 645 g/mol. The minimum absolute atomic E-state index is 0.602. The van der Waals surface area contributed by atoms with Crippen molar-refractivity contribution >= 4 is 43.6 Å². The number of alkyl halides is 3. The number of pyridine rings is 4. The Bertz CT molecular complexity index is 2810. The average molecular weight is 675 g/mol. The van der Waals surface area contributed by atoms with Crippen molar-refractivity contribution in [3.8, 4) is 33.9 Å². The summed E-state index contributed by atoms with van der Waals surface area (Å²) in [6.07, 6.45) is 6.51. The highest BCUT2D eigenvalue weighted by atomic mass is 19.4. The van der Waals surface area contributed by atoms with Gasteiger partial charge < -0.3 is 9.13 Å². The van der Waals surface area contributed by atoms with Crippen LogP contribution in [0.4, 0.5) is 13.2 Å². The highest BCUT2D eigenvalue weighted by Gasteiger charge is 2.30. The van der Waals surface area contributed by atoms with Gasteiger partial charge in [-0.25, -0.2) is 0 Å². The molecule has 6 aromatic heterocycles. The molecule has 0 amide bonds. The summed E-state index contributed by atoms with van der Waals surface area (Å²) in [6, 6.07) is 26.2. The lowest BCUT2D eigenvalue weighted by Crippen LogP contribution is -2.05. The van der Waals surface area contributed by atoms with E-state index in [9.17, 15) is 13.2 Å².